The summed E-state index contributed by atoms with van der Waals surface area (Å²) < 4.78 is 6.55. The van der Waals surface area contributed by atoms with E-state index in [1.165, 1.54) is 32.5 Å². The van der Waals surface area contributed by atoms with Crippen LogP contribution in [-0.4, -0.2) is 26.4 Å². The smallest absolute Gasteiger partial charge is 0.333 e. The van der Waals surface area contributed by atoms with Crippen molar-refractivity contribution >= 4 is 12.1 Å². The lowest BCUT2D eigenvalue weighted by molar-refractivity contribution is 0.0927. The first kappa shape index (κ1) is 14.3. The number of nitrogens with one attached hydrogen (secondary N) is 1. The Morgan fingerprint density at radius 1 is 1.38 bits per heavy atom. The number of aromatic nitrogens is 2. The van der Waals surface area contributed by atoms with Crippen LogP contribution in [0.4, 0.5) is 0 Å². The second kappa shape index (κ2) is 5.49. The van der Waals surface area contributed by atoms with Crippen molar-refractivity contribution in [2.45, 2.75) is 0 Å². The van der Waals surface area contributed by atoms with Gasteiger partial charge in [-0.05, 0) is 12.1 Å². The molecule has 0 aliphatic carbocycles. The van der Waals surface area contributed by atoms with Gasteiger partial charge < -0.3 is 9.52 Å². The molecule has 2 heterocycles. The van der Waals surface area contributed by atoms with E-state index >= 15 is 0 Å². The molecule has 2 aromatic rings. The summed E-state index contributed by atoms with van der Waals surface area (Å²) in [6.45, 7) is 0. The first-order valence-corrected chi connectivity index (χ1v) is 5.79. The minimum atomic E-state index is -0.730. The van der Waals surface area contributed by atoms with Crippen molar-refractivity contribution in [2.75, 3.05) is 0 Å². The number of hydrogen-bond acceptors (Lipinski definition) is 6. The van der Waals surface area contributed by atoms with Crippen LogP contribution in [0.15, 0.2) is 37.5 Å². The van der Waals surface area contributed by atoms with Crippen LogP contribution in [0.1, 0.15) is 16.1 Å². The molecule has 0 unspecified atom stereocenters. The Morgan fingerprint density at radius 3 is 2.71 bits per heavy atom. The molecule has 0 bridgehead atoms. The zero-order valence-corrected chi connectivity index (χ0v) is 11.2. The van der Waals surface area contributed by atoms with Gasteiger partial charge in [-0.15, -0.1) is 0 Å². The molecule has 0 aliphatic heterocycles. The van der Waals surface area contributed by atoms with Crippen molar-refractivity contribution in [2.24, 2.45) is 19.2 Å². The van der Waals surface area contributed by atoms with Gasteiger partial charge in [0.15, 0.2) is 5.76 Å². The van der Waals surface area contributed by atoms with Gasteiger partial charge in [0.05, 0.1) is 12.5 Å². The summed E-state index contributed by atoms with van der Waals surface area (Å²) in [6, 6.07) is 2.97. The van der Waals surface area contributed by atoms with Crippen molar-refractivity contribution in [1.82, 2.24) is 14.6 Å². The van der Waals surface area contributed by atoms with Gasteiger partial charge in [0.1, 0.15) is 5.56 Å². The molecule has 0 radical (unpaired) electrons. The van der Waals surface area contributed by atoms with Gasteiger partial charge in [0.25, 0.3) is 5.56 Å². The fraction of sp³-hybridized carbons (Fsp3) is 0.167. The van der Waals surface area contributed by atoms with E-state index in [0.717, 1.165) is 15.3 Å². The zero-order chi connectivity index (χ0) is 15.6. The average molecular weight is 292 g/mol. The molecule has 2 aromatic heterocycles. The lowest BCUT2D eigenvalue weighted by Crippen LogP contribution is -2.38. The molecule has 0 saturated heterocycles. The first-order chi connectivity index (χ1) is 9.93. The molecular formula is C12H12N4O5. The molecule has 0 spiro atoms. The summed E-state index contributed by atoms with van der Waals surface area (Å²) in [5.41, 5.74) is 0.507. The van der Waals surface area contributed by atoms with Crippen LogP contribution in [0.2, 0.25) is 0 Å². The van der Waals surface area contributed by atoms with Crippen molar-refractivity contribution in [3.05, 3.63) is 50.6 Å². The van der Waals surface area contributed by atoms with E-state index in [0.29, 0.717) is 0 Å². The molecule has 0 aromatic carbocycles. The lowest BCUT2D eigenvalue weighted by Gasteiger charge is -2.06. The fourth-order valence-electron chi connectivity index (χ4n) is 1.59. The molecular weight excluding hydrogens is 280 g/mol. The molecule has 110 valence electrons. The van der Waals surface area contributed by atoms with Gasteiger partial charge in [-0.3, -0.25) is 18.7 Å². The van der Waals surface area contributed by atoms with Gasteiger partial charge >= 0.3 is 11.6 Å². The predicted octanol–water partition coefficient (Wildman–Crippen LogP) is -0.854. The van der Waals surface area contributed by atoms with Crippen LogP contribution >= 0.6 is 0 Å². The number of hydrogen-bond donors (Lipinski definition) is 2. The van der Waals surface area contributed by atoms with E-state index in [9.17, 15) is 19.5 Å². The van der Waals surface area contributed by atoms with Gasteiger partial charge in [0, 0.05) is 14.1 Å². The Bertz CT molecular complexity index is 813. The number of aromatic hydroxyl groups is 1. The monoisotopic (exact) mass is 292 g/mol. The first-order valence-electron chi connectivity index (χ1n) is 5.79. The lowest BCUT2D eigenvalue weighted by atomic mass is 10.3. The molecule has 2 rings (SSSR count). The molecule has 0 fully saturated rings. The average Bonchev–Trinajstić information content (AvgIpc) is 3.01. The SMILES string of the molecule is Cn1c(O)c(/C=N/NC(=O)c2ccco2)c(=O)n(C)c1=O. The number of furan rings is 1. The molecule has 21 heavy (non-hydrogen) atoms. The summed E-state index contributed by atoms with van der Waals surface area (Å²) in [5.74, 6) is -1.11. The summed E-state index contributed by atoms with van der Waals surface area (Å²) in [5, 5.41) is 13.3. The van der Waals surface area contributed by atoms with E-state index in [1.54, 1.807) is 0 Å². The van der Waals surface area contributed by atoms with Crippen LogP contribution in [0.3, 0.4) is 0 Å². The standard InChI is InChI=1S/C12H12N4O5/c1-15-10(18)7(11(19)16(2)12(15)20)6-13-14-9(17)8-4-3-5-21-8/h3-6,18H,1-2H3,(H,14,17)/b13-6+. The van der Waals surface area contributed by atoms with Crippen LogP contribution in [-0.2, 0) is 14.1 Å². The van der Waals surface area contributed by atoms with Crippen molar-refractivity contribution in [3.63, 3.8) is 0 Å². The highest BCUT2D eigenvalue weighted by Crippen LogP contribution is 2.05. The second-order valence-electron chi connectivity index (χ2n) is 4.12. The summed E-state index contributed by atoms with van der Waals surface area (Å²) >= 11 is 0. The van der Waals surface area contributed by atoms with Crippen molar-refractivity contribution < 1.29 is 14.3 Å². The maximum atomic E-state index is 11.8. The van der Waals surface area contributed by atoms with Gasteiger partial charge in [0.2, 0.25) is 5.88 Å². The van der Waals surface area contributed by atoms with Gasteiger partial charge in [-0.25, -0.2) is 10.2 Å². The normalized spacial score (nSPS) is 11.0. The Balaban J connectivity index is 2.28. The number of hydrazone groups is 1. The Kier molecular flexibility index (Phi) is 3.74. The summed E-state index contributed by atoms with van der Waals surface area (Å²) in [4.78, 5) is 34.9. The van der Waals surface area contributed by atoms with E-state index < -0.39 is 23.0 Å². The van der Waals surface area contributed by atoms with Crippen LogP contribution in [0, 0.1) is 0 Å². The van der Waals surface area contributed by atoms with Crippen molar-refractivity contribution in [3.8, 4) is 5.88 Å². The van der Waals surface area contributed by atoms with E-state index in [-0.39, 0.29) is 11.3 Å². The van der Waals surface area contributed by atoms with Crippen LogP contribution in [0.5, 0.6) is 5.88 Å². The van der Waals surface area contributed by atoms with E-state index in [2.05, 4.69) is 10.5 Å². The highest BCUT2D eigenvalue weighted by molar-refractivity contribution is 5.92. The second-order valence-corrected chi connectivity index (χ2v) is 4.12. The minimum Gasteiger partial charge on any atom is -0.494 e. The molecule has 2 N–H and O–H groups in total. The maximum absolute atomic E-state index is 11.8. The number of nitrogens with zero attached hydrogens (tertiary/aromatic N) is 3. The number of carbonyl (C=O) groups excluding carboxylic acids is 1. The maximum Gasteiger partial charge on any atom is 0.333 e. The number of rotatable bonds is 3. The third kappa shape index (κ3) is 2.61. The molecule has 0 aliphatic rings. The Hall–Kier alpha value is -3.10. The largest absolute Gasteiger partial charge is 0.494 e. The van der Waals surface area contributed by atoms with Gasteiger partial charge in [-0.1, -0.05) is 0 Å². The van der Waals surface area contributed by atoms with Crippen LogP contribution in [0.25, 0.3) is 0 Å². The highest BCUT2D eigenvalue weighted by Gasteiger charge is 2.13. The molecule has 9 nitrogen and oxygen atoms in total. The Morgan fingerprint density at radius 2 is 2.10 bits per heavy atom. The van der Waals surface area contributed by atoms with Crippen molar-refractivity contribution in [1.29, 1.82) is 0 Å². The number of carbonyl (C=O) groups is 1. The topological polar surface area (TPSA) is 119 Å². The fourth-order valence-corrected chi connectivity index (χ4v) is 1.59. The van der Waals surface area contributed by atoms with Gasteiger partial charge in [-0.2, -0.15) is 5.10 Å². The molecule has 1 amide bonds. The third-order valence-corrected chi connectivity index (χ3v) is 2.77. The Labute approximate surface area is 117 Å². The molecule has 9 heteroatoms. The van der Waals surface area contributed by atoms with Crippen LogP contribution < -0.4 is 16.7 Å². The summed E-state index contributed by atoms with van der Waals surface area (Å²) in [7, 11) is 2.57. The number of amides is 1. The quantitative estimate of drug-likeness (QED) is 0.564. The summed E-state index contributed by atoms with van der Waals surface area (Å²) in [6.07, 6.45) is 2.28. The van der Waals surface area contributed by atoms with E-state index in [1.807, 2.05) is 0 Å². The minimum absolute atomic E-state index is 0.0461. The van der Waals surface area contributed by atoms with E-state index in [4.69, 9.17) is 4.42 Å². The highest BCUT2D eigenvalue weighted by atomic mass is 16.3. The molecule has 0 saturated carbocycles. The predicted molar refractivity (Wildman–Crippen MR) is 72.4 cm³/mol. The zero-order valence-electron chi connectivity index (χ0n) is 11.2. The third-order valence-electron chi connectivity index (χ3n) is 2.77. The molecule has 0 atom stereocenters.